The molecule has 0 atom stereocenters. The minimum atomic E-state index is 0.831. The Kier molecular flexibility index (Phi) is 4.88. The summed E-state index contributed by atoms with van der Waals surface area (Å²) < 4.78 is 2.10. The third kappa shape index (κ3) is 3.51. The van der Waals surface area contributed by atoms with Gasteiger partial charge in [-0.25, -0.2) is 0 Å². The summed E-state index contributed by atoms with van der Waals surface area (Å²) in [7, 11) is 0. The molecule has 23 heavy (non-hydrogen) atoms. The van der Waals surface area contributed by atoms with Crippen LogP contribution in [0.1, 0.15) is 12.0 Å². The fourth-order valence-corrected chi connectivity index (χ4v) is 3.10. The van der Waals surface area contributed by atoms with Gasteiger partial charge < -0.3 is 0 Å². The summed E-state index contributed by atoms with van der Waals surface area (Å²) in [6, 6.07) is 12.3. The molecular formula is C18H18N4S. The molecule has 0 aliphatic heterocycles. The molecule has 0 bridgehead atoms. The van der Waals surface area contributed by atoms with Crippen molar-refractivity contribution in [1.29, 1.82) is 0 Å². The van der Waals surface area contributed by atoms with Gasteiger partial charge in [-0.1, -0.05) is 35.5 Å². The number of allylic oxidation sites excluding steroid dienone is 1. The first-order chi connectivity index (χ1) is 11.3. The predicted molar refractivity (Wildman–Crippen MR) is 94.9 cm³/mol. The van der Waals surface area contributed by atoms with Crippen LogP contribution in [0.25, 0.3) is 17.1 Å². The molecule has 0 radical (unpaired) electrons. The number of hydrogen-bond donors (Lipinski definition) is 0. The van der Waals surface area contributed by atoms with E-state index >= 15 is 0 Å². The van der Waals surface area contributed by atoms with Crippen LogP contribution in [0.4, 0.5) is 0 Å². The minimum absolute atomic E-state index is 0.831. The Morgan fingerprint density at radius 2 is 1.83 bits per heavy atom. The van der Waals surface area contributed by atoms with E-state index in [9.17, 15) is 0 Å². The van der Waals surface area contributed by atoms with Gasteiger partial charge in [0.05, 0.1) is 0 Å². The van der Waals surface area contributed by atoms with Gasteiger partial charge in [0.15, 0.2) is 11.0 Å². The van der Waals surface area contributed by atoms with Gasteiger partial charge in [-0.05, 0) is 37.6 Å². The summed E-state index contributed by atoms with van der Waals surface area (Å²) in [4.78, 5) is 4.08. The van der Waals surface area contributed by atoms with Crippen molar-refractivity contribution >= 4 is 11.8 Å². The predicted octanol–water partition coefficient (Wildman–Crippen LogP) is 4.31. The van der Waals surface area contributed by atoms with Gasteiger partial charge in [0.1, 0.15) is 0 Å². The normalized spacial score (nSPS) is 10.7. The summed E-state index contributed by atoms with van der Waals surface area (Å²) in [5.41, 5.74) is 3.30. The van der Waals surface area contributed by atoms with Crippen LogP contribution in [-0.4, -0.2) is 25.5 Å². The maximum absolute atomic E-state index is 4.40. The molecule has 4 nitrogen and oxygen atoms in total. The molecule has 0 saturated heterocycles. The lowest BCUT2D eigenvalue weighted by Crippen LogP contribution is -2.00. The van der Waals surface area contributed by atoms with E-state index in [0.717, 1.165) is 34.4 Å². The highest BCUT2D eigenvalue weighted by Gasteiger charge is 2.15. The van der Waals surface area contributed by atoms with Gasteiger partial charge in [0.2, 0.25) is 0 Å². The molecule has 0 aliphatic carbocycles. The Labute approximate surface area is 140 Å². The second-order valence-electron chi connectivity index (χ2n) is 5.14. The van der Waals surface area contributed by atoms with Gasteiger partial charge in [-0.3, -0.25) is 9.55 Å². The van der Waals surface area contributed by atoms with E-state index in [-0.39, 0.29) is 0 Å². The van der Waals surface area contributed by atoms with Gasteiger partial charge in [-0.15, -0.1) is 16.8 Å². The van der Waals surface area contributed by atoms with E-state index in [1.807, 2.05) is 18.2 Å². The van der Waals surface area contributed by atoms with Crippen molar-refractivity contribution < 1.29 is 0 Å². The zero-order valence-electron chi connectivity index (χ0n) is 13.0. The first-order valence-corrected chi connectivity index (χ1v) is 8.44. The summed E-state index contributed by atoms with van der Waals surface area (Å²) >= 11 is 1.69. The first-order valence-electron chi connectivity index (χ1n) is 7.46. The van der Waals surface area contributed by atoms with E-state index in [0.29, 0.717) is 0 Å². The molecule has 3 aromatic rings. The van der Waals surface area contributed by atoms with Crippen molar-refractivity contribution in [1.82, 2.24) is 19.7 Å². The second-order valence-corrected chi connectivity index (χ2v) is 6.20. The standard InChI is InChI=1S/C18H18N4S/c1-3-4-13-23-18-21-20-17(15-9-11-19-12-10-15)22(18)16-7-5-14(2)6-8-16/h3,5-12H,1,4,13H2,2H3. The topological polar surface area (TPSA) is 43.6 Å². The number of benzene rings is 1. The molecule has 3 rings (SSSR count). The van der Waals surface area contributed by atoms with Gasteiger partial charge in [-0.2, -0.15) is 0 Å². The zero-order valence-corrected chi connectivity index (χ0v) is 13.8. The monoisotopic (exact) mass is 322 g/mol. The van der Waals surface area contributed by atoms with Gasteiger partial charge in [0.25, 0.3) is 0 Å². The van der Waals surface area contributed by atoms with Crippen LogP contribution in [0.15, 0.2) is 66.6 Å². The van der Waals surface area contributed by atoms with Crippen molar-refractivity contribution in [3.05, 3.63) is 67.0 Å². The number of hydrogen-bond acceptors (Lipinski definition) is 4. The lowest BCUT2D eigenvalue weighted by atomic mass is 10.2. The van der Waals surface area contributed by atoms with Gasteiger partial charge >= 0.3 is 0 Å². The Morgan fingerprint density at radius 1 is 1.09 bits per heavy atom. The summed E-state index contributed by atoms with van der Waals surface area (Å²) in [6.45, 7) is 5.85. The fraction of sp³-hybridized carbons (Fsp3) is 0.167. The fourth-order valence-electron chi connectivity index (χ4n) is 2.21. The number of aromatic nitrogens is 4. The third-order valence-corrected chi connectivity index (χ3v) is 4.38. The van der Waals surface area contributed by atoms with Gasteiger partial charge in [0, 0.05) is 29.4 Å². The highest BCUT2D eigenvalue weighted by atomic mass is 32.2. The summed E-state index contributed by atoms with van der Waals surface area (Å²) in [5, 5.41) is 9.68. The van der Waals surface area contributed by atoms with Crippen molar-refractivity contribution in [3.8, 4) is 17.1 Å². The molecule has 2 aromatic heterocycles. The van der Waals surface area contributed by atoms with Crippen LogP contribution < -0.4 is 0 Å². The van der Waals surface area contributed by atoms with E-state index < -0.39 is 0 Å². The van der Waals surface area contributed by atoms with Crippen LogP contribution in [0.3, 0.4) is 0 Å². The summed E-state index contributed by atoms with van der Waals surface area (Å²) in [5.74, 6) is 1.77. The maximum Gasteiger partial charge on any atom is 0.196 e. The Balaban J connectivity index is 2.06. The van der Waals surface area contributed by atoms with E-state index in [2.05, 4.69) is 57.5 Å². The number of thioether (sulfide) groups is 1. The Morgan fingerprint density at radius 3 is 2.52 bits per heavy atom. The minimum Gasteiger partial charge on any atom is -0.270 e. The first kappa shape index (κ1) is 15.5. The molecule has 0 spiro atoms. The number of aryl methyl sites for hydroxylation is 1. The molecule has 0 fully saturated rings. The lowest BCUT2D eigenvalue weighted by Gasteiger charge is -2.10. The molecule has 116 valence electrons. The number of nitrogens with zero attached hydrogens (tertiary/aromatic N) is 4. The van der Waals surface area contributed by atoms with Crippen molar-refractivity contribution in [2.24, 2.45) is 0 Å². The van der Waals surface area contributed by atoms with Crippen LogP contribution in [-0.2, 0) is 0 Å². The molecule has 1 aromatic carbocycles. The van der Waals surface area contributed by atoms with Crippen molar-refractivity contribution in [2.75, 3.05) is 5.75 Å². The molecule has 0 amide bonds. The van der Waals surface area contributed by atoms with E-state index in [4.69, 9.17) is 0 Å². The second kappa shape index (κ2) is 7.24. The van der Waals surface area contributed by atoms with Crippen LogP contribution in [0.2, 0.25) is 0 Å². The third-order valence-electron chi connectivity index (χ3n) is 3.42. The quantitative estimate of drug-likeness (QED) is 0.385. The average Bonchev–Trinajstić information content (AvgIpc) is 3.00. The van der Waals surface area contributed by atoms with Crippen LogP contribution >= 0.6 is 11.8 Å². The zero-order chi connectivity index (χ0) is 16.1. The molecular weight excluding hydrogens is 304 g/mol. The maximum atomic E-state index is 4.40. The highest BCUT2D eigenvalue weighted by Crippen LogP contribution is 2.28. The number of rotatable bonds is 6. The lowest BCUT2D eigenvalue weighted by molar-refractivity contribution is 0.885. The molecule has 0 saturated carbocycles. The molecule has 0 aliphatic rings. The van der Waals surface area contributed by atoms with Crippen molar-refractivity contribution in [2.45, 2.75) is 18.5 Å². The van der Waals surface area contributed by atoms with Crippen molar-refractivity contribution in [3.63, 3.8) is 0 Å². The molecule has 0 N–H and O–H groups in total. The largest absolute Gasteiger partial charge is 0.270 e. The smallest absolute Gasteiger partial charge is 0.196 e. The number of pyridine rings is 1. The highest BCUT2D eigenvalue weighted by molar-refractivity contribution is 7.99. The van der Waals surface area contributed by atoms with E-state index in [1.54, 1.807) is 24.2 Å². The Bertz CT molecular complexity index is 779. The molecule has 0 unspecified atom stereocenters. The Hall–Kier alpha value is -2.40. The average molecular weight is 322 g/mol. The molecule has 2 heterocycles. The van der Waals surface area contributed by atoms with Crippen LogP contribution in [0.5, 0.6) is 0 Å². The summed E-state index contributed by atoms with van der Waals surface area (Å²) in [6.07, 6.45) is 6.40. The molecule has 5 heteroatoms. The SMILES string of the molecule is C=CCCSc1nnc(-c2ccncc2)n1-c1ccc(C)cc1. The van der Waals surface area contributed by atoms with Crippen LogP contribution in [0, 0.1) is 6.92 Å². The van der Waals surface area contributed by atoms with E-state index in [1.165, 1.54) is 5.56 Å².